The largest absolute Gasteiger partial charge is 0.487 e. The van der Waals surface area contributed by atoms with Crippen molar-refractivity contribution in [3.8, 4) is 5.75 Å². The van der Waals surface area contributed by atoms with Crippen molar-refractivity contribution in [1.29, 1.82) is 0 Å². The van der Waals surface area contributed by atoms with Gasteiger partial charge in [-0.1, -0.05) is 0 Å². The lowest BCUT2D eigenvalue weighted by Gasteiger charge is -2.38. The van der Waals surface area contributed by atoms with Crippen LogP contribution in [0.25, 0.3) is 10.9 Å². The molecule has 3 aliphatic heterocycles. The van der Waals surface area contributed by atoms with Gasteiger partial charge in [0.1, 0.15) is 36.2 Å². The van der Waals surface area contributed by atoms with Crippen LogP contribution in [0.15, 0.2) is 17.1 Å². The maximum atomic E-state index is 15.5. The normalized spacial score (nSPS) is 29.7. The van der Waals surface area contributed by atoms with E-state index < -0.39 is 59.5 Å². The summed E-state index contributed by atoms with van der Waals surface area (Å²) >= 11 is 0. The predicted octanol–water partition coefficient (Wildman–Crippen LogP) is -1.11. The van der Waals surface area contributed by atoms with E-state index in [9.17, 15) is 34.8 Å². The Morgan fingerprint density at radius 1 is 1.11 bits per heavy atom. The first-order valence-corrected chi connectivity index (χ1v) is 12.1. The molecule has 2 aromatic rings. The van der Waals surface area contributed by atoms with E-state index in [4.69, 9.17) is 14.2 Å². The molecule has 206 valence electrons. The van der Waals surface area contributed by atoms with Gasteiger partial charge in [-0.05, 0) is 20.0 Å². The fourth-order valence-corrected chi connectivity index (χ4v) is 5.00. The number of hydrogen-bond acceptors (Lipinski definition) is 11. The molecule has 14 heteroatoms. The molecular weight excluding hydrogens is 509 g/mol. The maximum absolute atomic E-state index is 15.5. The summed E-state index contributed by atoms with van der Waals surface area (Å²) in [7, 11) is 1.97. The third-order valence-corrected chi connectivity index (χ3v) is 7.22. The van der Waals surface area contributed by atoms with Gasteiger partial charge in [-0.15, -0.1) is 0 Å². The van der Waals surface area contributed by atoms with Gasteiger partial charge in [0.15, 0.2) is 17.7 Å². The molecule has 0 saturated carbocycles. The number of aromatic nitrogens is 1. The summed E-state index contributed by atoms with van der Waals surface area (Å²) < 4.78 is 33.0. The predicted molar refractivity (Wildman–Crippen MR) is 128 cm³/mol. The quantitative estimate of drug-likeness (QED) is 0.348. The Hall–Kier alpha value is -3.30. The number of carboxylic acids is 1. The zero-order chi connectivity index (χ0) is 27.5. The lowest BCUT2D eigenvalue weighted by molar-refractivity contribution is -0.278. The van der Waals surface area contributed by atoms with Crippen molar-refractivity contribution in [2.75, 3.05) is 44.7 Å². The summed E-state index contributed by atoms with van der Waals surface area (Å²) in [5.74, 6) is -3.44. The van der Waals surface area contributed by atoms with Gasteiger partial charge in [-0.25, -0.2) is 14.0 Å². The number of likely N-dealkylation sites (N-methyl/N-ethyl adjacent to an activating group) is 1. The summed E-state index contributed by atoms with van der Waals surface area (Å²) in [6.07, 6.45) is -8.72. The standard InChI is InChI=1S/C24H28FN3O10/c1-10-9-36-20-14-11(7-13(25)15(20)27-5-3-26(2)4-6-27)16(29)12(8-28(10)14)23(35)38-24-19(32)17(30)18(31)21(37-24)22(33)34/h7-8,10,17-19,21,24,30-32H,3-6,9H2,1-2H3,(H,33,34)/t10?,17-,18-,19+,21-,24-/m0/s1. The second-order valence-electron chi connectivity index (χ2n) is 9.80. The van der Waals surface area contributed by atoms with Gasteiger partial charge in [-0.3, -0.25) is 4.79 Å². The first kappa shape index (κ1) is 26.3. The highest BCUT2D eigenvalue weighted by atomic mass is 19.1. The van der Waals surface area contributed by atoms with Crippen molar-refractivity contribution >= 4 is 28.5 Å². The van der Waals surface area contributed by atoms with Gasteiger partial charge in [0.25, 0.3) is 0 Å². The number of carbonyl (C=O) groups is 2. The zero-order valence-corrected chi connectivity index (χ0v) is 20.6. The van der Waals surface area contributed by atoms with E-state index >= 15 is 4.39 Å². The summed E-state index contributed by atoms with van der Waals surface area (Å²) in [5.41, 5.74) is -0.831. The average Bonchev–Trinajstić information content (AvgIpc) is 2.88. The number of carboxylic acid groups (broad SMARTS) is 1. The topological polar surface area (TPSA) is 171 Å². The highest BCUT2D eigenvalue weighted by Gasteiger charge is 2.49. The number of aliphatic hydroxyl groups excluding tert-OH is 3. The van der Waals surface area contributed by atoms with Crippen molar-refractivity contribution in [2.24, 2.45) is 0 Å². The summed E-state index contributed by atoms with van der Waals surface area (Å²) in [4.78, 5) is 41.7. The van der Waals surface area contributed by atoms with Gasteiger partial charge in [0.05, 0.1) is 16.9 Å². The Bertz CT molecular complexity index is 1340. The molecule has 3 aliphatic rings. The van der Waals surface area contributed by atoms with E-state index in [2.05, 4.69) is 4.90 Å². The van der Waals surface area contributed by atoms with E-state index in [1.165, 1.54) is 6.20 Å². The van der Waals surface area contributed by atoms with Crippen LogP contribution < -0.4 is 15.1 Å². The number of hydrogen-bond donors (Lipinski definition) is 4. The van der Waals surface area contributed by atoms with Crippen molar-refractivity contribution < 1.29 is 48.6 Å². The zero-order valence-electron chi connectivity index (χ0n) is 20.6. The minimum absolute atomic E-state index is 0.125. The molecule has 13 nitrogen and oxygen atoms in total. The number of nitrogens with zero attached hydrogens (tertiary/aromatic N) is 3. The Labute approximate surface area is 215 Å². The minimum Gasteiger partial charge on any atom is -0.487 e. The van der Waals surface area contributed by atoms with Crippen LogP contribution in [-0.2, 0) is 14.3 Å². The number of aliphatic hydroxyl groups is 3. The van der Waals surface area contributed by atoms with Crippen LogP contribution >= 0.6 is 0 Å². The van der Waals surface area contributed by atoms with E-state index in [-0.39, 0.29) is 29.5 Å². The number of aliphatic carboxylic acids is 1. The highest BCUT2D eigenvalue weighted by Crippen LogP contribution is 2.42. The maximum Gasteiger partial charge on any atom is 0.346 e. The van der Waals surface area contributed by atoms with Crippen LogP contribution in [-0.4, -0.2) is 112 Å². The minimum atomic E-state index is -2.00. The average molecular weight is 537 g/mol. The van der Waals surface area contributed by atoms with E-state index in [0.717, 1.165) is 6.07 Å². The van der Waals surface area contributed by atoms with Crippen LogP contribution in [0.4, 0.5) is 10.1 Å². The second-order valence-corrected chi connectivity index (χ2v) is 9.80. The molecule has 1 aromatic carbocycles. The third-order valence-electron chi connectivity index (χ3n) is 7.22. The number of halogens is 1. The van der Waals surface area contributed by atoms with Crippen LogP contribution in [0.1, 0.15) is 23.3 Å². The Morgan fingerprint density at radius 3 is 2.45 bits per heavy atom. The molecule has 38 heavy (non-hydrogen) atoms. The molecule has 2 fully saturated rings. The van der Waals surface area contributed by atoms with Gasteiger partial charge in [0, 0.05) is 32.4 Å². The molecule has 4 N–H and O–H groups in total. The molecule has 1 aromatic heterocycles. The molecule has 0 radical (unpaired) electrons. The van der Waals surface area contributed by atoms with Gasteiger partial charge >= 0.3 is 11.9 Å². The summed E-state index contributed by atoms with van der Waals surface area (Å²) in [6.45, 7) is 4.47. The van der Waals surface area contributed by atoms with Gasteiger partial charge in [-0.2, -0.15) is 0 Å². The SMILES string of the molecule is CC1COc2c(N3CCN(C)CC3)c(F)cc3c(=O)c(C(=O)O[C@@H]4O[C@H](C(=O)O)[C@@H](O)[C@H](O)[C@H]4O)cn1c23. The van der Waals surface area contributed by atoms with E-state index in [1.54, 1.807) is 11.5 Å². The number of pyridine rings is 1. The lowest BCUT2D eigenvalue weighted by atomic mass is 9.99. The number of esters is 1. The number of carbonyl (C=O) groups excluding carboxylic acids is 1. The number of rotatable bonds is 4. The van der Waals surface area contributed by atoms with Crippen LogP contribution in [0.5, 0.6) is 5.75 Å². The van der Waals surface area contributed by atoms with Crippen LogP contribution in [0.3, 0.4) is 0 Å². The lowest BCUT2D eigenvalue weighted by Crippen LogP contribution is -2.60. The smallest absolute Gasteiger partial charge is 0.346 e. The fourth-order valence-electron chi connectivity index (χ4n) is 5.00. The first-order chi connectivity index (χ1) is 18.0. The number of anilines is 1. The second kappa shape index (κ2) is 9.78. The molecule has 0 aliphatic carbocycles. The van der Waals surface area contributed by atoms with Gasteiger partial charge < -0.3 is 49.0 Å². The van der Waals surface area contributed by atoms with Gasteiger partial charge in [0.2, 0.25) is 11.7 Å². The van der Waals surface area contributed by atoms with Crippen molar-refractivity contribution in [3.63, 3.8) is 0 Å². The molecule has 0 spiro atoms. The Morgan fingerprint density at radius 2 is 1.79 bits per heavy atom. The monoisotopic (exact) mass is 537 g/mol. The number of benzene rings is 1. The molecule has 2 saturated heterocycles. The molecular formula is C24H28FN3O10. The molecule has 1 unspecified atom stereocenters. The Balaban J connectivity index is 1.54. The van der Waals surface area contributed by atoms with E-state index in [0.29, 0.717) is 31.7 Å². The molecule has 4 heterocycles. The molecule has 0 bridgehead atoms. The van der Waals surface area contributed by atoms with Crippen molar-refractivity contribution in [2.45, 2.75) is 43.7 Å². The van der Waals surface area contributed by atoms with Crippen LogP contribution in [0, 0.1) is 5.82 Å². The molecule has 0 amide bonds. The fraction of sp³-hybridized carbons (Fsp3) is 0.542. The third kappa shape index (κ3) is 4.27. The Kier molecular flexibility index (Phi) is 6.77. The first-order valence-electron chi connectivity index (χ1n) is 12.1. The van der Waals surface area contributed by atoms with Crippen LogP contribution in [0.2, 0.25) is 0 Å². The molecule has 6 atom stereocenters. The summed E-state index contributed by atoms with van der Waals surface area (Å²) in [5, 5.41) is 39.1. The molecule has 5 rings (SSSR count). The summed E-state index contributed by atoms with van der Waals surface area (Å²) in [6, 6.07) is 0.698. The van der Waals surface area contributed by atoms with Crippen molar-refractivity contribution in [1.82, 2.24) is 9.47 Å². The van der Waals surface area contributed by atoms with Crippen molar-refractivity contribution in [3.05, 3.63) is 33.9 Å². The van der Waals surface area contributed by atoms with E-state index in [1.807, 2.05) is 11.9 Å². The highest BCUT2D eigenvalue weighted by molar-refractivity contribution is 5.98. The number of ether oxygens (including phenoxy) is 3. The number of piperazine rings is 1.